The first-order valence-corrected chi connectivity index (χ1v) is 9.04. The molecule has 0 bridgehead atoms. The van der Waals surface area contributed by atoms with E-state index < -0.39 is 0 Å². The molecular formula is C22H14Cl2O3. The number of hydrogen-bond donors (Lipinski definition) is 0. The minimum absolute atomic E-state index is 0.0973. The van der Waals surface area contributed by atoms with Crippen LogP contribution >= 0.6 is 23.2 Å². The van der Waals surface area contributed by atoms with Crippen LogP contribution in [0.25, 0.3) is 22.1 Å². The van der Waals surface area contributed by atoms with E-state index in [2.05, 4.69) is 0 Å². The van der Waals surface area contributed by atoms with Gasteiger partial charge in [-0.3, -0.25) is 4.79 Å². The van der Waals surface area contributed by atoms with Crippen molar-refractivity contribution in [3.05, 3.63) is 98.8 Å². The van der Waals surface area contributed by atoms with Gasteiger partial charge in [0.1, 0.15) is 24.2 Å². The first kappa shape index (κ1) is 17.7. The monoisotopic (exact) mass is 396 g/mol. The van der Waals surface area contributed by atoms with E-state index in [1.807, 2.05) is 24.3 Å². The zero-order valence-corrected chi connectivity index (χ0v) is 15.6. The molecule has 0 radical (unpaired) electrons. The van der Waals surface area contributed by atoms with Crippen molar-refractivity contribution in [2.24, 2.45) is 0 Å². The fourth-order valence-corrected chi connectivity index (χ4v) is 3.16. The van der Waals surface area contributed by atoms with Crippen LogP contribution in [0.4, 0.5) is 0 Å². The predicted octanol–water partition coefficient (Wildman–Crippen LogP) is 6.35. The molecule has 134 valence electrons. The second-order valence-electron chi connectivity index (χ2n) is 6.06. The summed E-state index contributed by atoms with van der Waals surface area (Å²) in [6.45, 7) is 0.374. The number of halogens is 2. The molecule has 0 N–H and O–H groups in total. The van der Waals surface area contributed by atoms with Crippen LogP contribution in [0.2, 0.25) is 10.0 Å². The average Bonchev–Trinajstić information content (AvgIpc) is 2.68. The maximum atomic E-state index is 12.8. The van der Waals surface area contributed by atoms with E-state index in [1.54, 1.807) is 42.5 Å². The van der Waals surface area contributed by atoms with Gasteiger partial charge in [0.05, 0.1) is 10.9 Å². The SMILES string of the molecule is O=c1c(-c2ccc(Cl)cc2)coc2cc(OCc3cccc(Cl)c3)ccc12. The third-order valence-electron chi connectivity index (χ3n) is 4.20. The standard InChI is InChI=1S/C22H14Cl2O3/c23-16-6-4-15(5-7-16)20-13-27-21-11-18(8-9-19(21)22(20)25)26-12-14-2-1-3-17(24)10-14/h1-11,13H,12H2. The quantitative estimate of drug-likeness (QED) is 0.403. The van der Waals surface area contributed by atoms with Crippen molar-refractivity contribution < 1.29 is 9.15 Å². The minimum Gasteiger partial charge on any atom is -0.489 e. The van der Waals surface area contributed by atoms with E-state index >= 15 is 0 Å². The smallest absolute Gasteiger partial charge is 0.200 e. The summed E-state index contributed by atoms with van der Waals surface area (Å²) in [5.74, 6) is 0.616. The maximum absolute atomic E-state index is 12.8. The van der Waals surface area contributed by atoms with Crippen molar-refractivity contribution in [2.75, 3.05) is 0 Å². The number of fused-ring (bicyclic) bond motifs is 1. The molecule has 0 unspecified atom stereocenters. The Kier molecular flexibility index (Phi) is 4.88. The predicted molar refractivity (Wildman–Crippen MR) is 109 cm³/mol. The van der Waals surface area contributed by atoms with E-state index in [0.29, 0.717) is 38.9 Å². The summed E-state index contributed by atoms with van der Waals surface area (Å²) in [6, 6.07) is 19.7. The van der Waals surface area contributed by atoms with E-state index in [-0.39, 0.29) is 5.43 Å². The summed E-state index contributed by atoms with van der Waals surface area (Å²) in [6.07, 6.45) is 1.47. The van der Waals surface area contributed by atoms with E-state index in [1.165, 1.54) is 6.26 Å². The average molecular weight is 397 g/mol. The van der Waals surface area contributed by atoms with Crippen molar-refractivity contribution >= 4 is 34.2 Å². The van der Waals surface area contributed by atoms with Gasteiger partial charge in [-0.1, -0.05) is 47.5 Å². The zero-order valence-electron chi connectivity index (χ0n) is 14.1. The van der Waals surface area contributed by atoms with Crippen molar-refractivity contribution in [2.45, 2.75) is 6.61 Å². The van der Waals surface area contributed by atoms with Crippen LogP contribution in [0.3, 0.4) is 0 Å². The highest BCUT2D eigenvalue weighted by atomic mass is 35.5. The molecule has 5 heteroatoms. The van der Waals surface area contributed by atoms with Gasteiger partial charge in [-0.2, -0.15) is 0 Å². The normalized spacial score (nSPS) is 10.9. The highest BCUT2D eigenvalue weighted by Gasteiger charge is 2.10. The third-order valence-corrected chi connectivity index (χ3v) is 4.68. The molecule has 0 fully saturated rings. The summed E-state index contributed by atoms with van der Waals surface area (Å²) in [5, 5.41) is 1.78. The zero-order chi connectivity index (χ0) is 18.8. The van der Waals surface area contributed by atoms with Crippen LogP contribution in [0.1, 0.15) is 5.56 Å². The van der Waals surface area contributed by atoms with Crippen molar-refractivity contribution in [1.82, 2.24) is 0 Å². The second-order valence-corrected chi connectivity index (χ2v) is 6.93. The molecule has 0 aliphatic rings. The van der Waals surface area contributed by atoms with Crippen molar-refractivity contribution in [3.8, 4) is 16.9 Å². The van der Waals surface area contributed by atoms with Crippen LogP contribution in [0.5, 0.6) is 5.75 Å². The Balaban J connectivity index is 1.62. The summed E-state index contributed by atoms with van der Waals surface area (Å²) >= 11 is 11.9. The van der Waals surface area contributed by atoms with E-state index in [9.17, 15) is 4.79 Å². The molecule has 0 amide bonds. The van der Waals surface area contributed by atoms with Gasteiger partial charge in [0.2, 0.25) is 0 Å². The van der Waals surface area contributed by atoms with Gasteiger partial charge >= 0.3 is 0 Å². The summed E-state index contributed by atoms with van der Waals surface area (Å²) in [7, 11) is 0. The van der Waals surface area contributed by atoms with E-state index in [4.69, 9.17) is 32.4 Å². The Morgan fingerprint density at radius 3 is 2.48 bits per heavy atom. The largest absolute Gasteiger partial charge is 0.489 e. The highest BCUT2D eigenvalue weighted by molar-refractivity contribution is 6.30. The lowest BCUT2D eigenvalue weighted by Gasteiger charge is -2.08. The molecule has 0 spiro atoms. The molecule has 1 aromatic heterocycles. The van der Waals surface area contributed by atoms with Gasteiger partial charge in [0.15, 0.2) is 5.43 Å². The van der Waals surface area contributed by atoms with Gasteiger partial charge in [0, 0.05) is 16.1 Å². The Labute approximate surface area is 165 Å². The van der Waals surface area contributed by atoms with Crippen LogP contribution < -0.4 is 10.2 Å². The lowest BCUT2D eigenvalue weighted by atomic mass is 10.1. The third kappa shape index (κ3) is 3.85. The molecule has 0 saturated carbocycles. The highest BCUT2D eigenvalue weighted by Crippen LogP contribution is 2.24. The van der Waals surface area contributed by atoms with Gasteiger partial charge in [-0.15, -0.1) is 0 Å². The minimum atomic E-state index is -0.0973. The van der Waals surface area contributed by atoms with Gasteiger partial charge < -0.3 is 9.15 Å². The van der Waals surface area contributed by atoms with Crippen LogP contribution in [-0.2, 0) is 6.61 Å². The number of ether oxygens (including phenoxy) is 1. The summed E-state index contributed by atoms with van der Waals surface area (Å²) < 4.78 is 11.5. The molecule has 27 heavy (non-hydrogen) atoms. The van der Waals surface area contributed by atoms with Gasteiger partial charge in [-0.25, -0.2) is 0 Å². The summed E-state index contributed by atoms with van der Waals surface area (Å²) in [5.41, 5.74) is 2.59. The molecule has 4 rings (SSSR count). The van der Waals surface area contributed by atoms with Gasteiger partial charge in [-0.05, 0) is 47.5 Å². The molecular weight excluding hydrogens is 383 g/mol. The molecule has 0 aliphatic carbocycles. The van der Waals surface area contributed by atoms with Crippen molar-refractivity contribution in [3.63, 3.8) is 0 Å². The summed E-state index contributed by atoms with van der Waals surface area (Å²) in [4.78, 5) is 12.8. The van der Waals surface area contributed by atoms with Gasteiger partial charge in [0.25, 0.3) is 0 Å². The molecule has 3 nitrogen and oxygen atoms in total. The fourth-order valence-electron chi connectivity index (χ4n) is 2.82. The molecule has 0 saturated heterocycles. The fraction of sp³-hybridized carbons (Fsp3) is 0.0455. The van der Waals surface area contributed by atoms with Crippen LogP contribution in [0, 0.1) is 0 Å². The molecule has 1 heterocycles. The lowest BCUT2D eigenvalue weighted by molar-refractivity contribution is 0.306. The molecule has 4 aromatic rings. The maximum Gasteiger partial charge on any atom is 0.200 e. The first-order valence-electron chi connectivity index (χ1n) is 8.29. The molecule has 3 aromatic carbocycles. The van der Waals surface area contributed by atoms with Crippen molar-refractivity contribution in [1.29, 1.82) is 0 Å². The molecule has 0 aliphatic heterocycles. The topological polar surface area (TPSA) is 39.4 Å². The first-order chi connectivity index (χ1) is 13.1. The second kappa shape index (κ2) is 7.47. The Hall–Kier alpha value is -2.75. The Morgan fingerprint density at radius 1 is 0.889 bits per heavy atom. The number of rotatable bonds is 4. The van der Waals surface area contributed by atoms with Crippen LogP contribution in [-0.4, -0.2) is 0 Å². The Morgan fingerprint density at radius 2 is 1.70 bits per heavy atom. The number of benzene rings is 3. The lowest BCUT2D eigenvalue weighted by Crippen LogP contribution is -2.05. The number of hydrogen-bond acceptors (Lipinski definition) is 3. The molecule has 0 atom stereocenters. The van der Waals surface area contributed by atoms with Crippen LogP contribution in [0.15, 0.2) is 82.2 Å². The van der Waals surface area contributed by atoms with E-state index in [0.717, 1.165) is 11.1 Å². The Bertz CT molecular complexity index is 1160.